The highest BCUT2D eigenvalue weighted by molar-refractivity contribution is 5.61. The molecule has 0 saturated heterocycles. The van der Waals surface area contributed by atoms with Gasteiger partial charge in [0, 0.05) is 11.6 Å². The number of phenolic OH excluding ortho intramolecular Hbond substituents is 1. The summed E-state index contributed by atoms with van der Waals surface area (Å²) in [7, 11) is 0. The smallest absolute Gasteiger partial charge is 0.296 e. The first-order valence-electron chi connectivity index (χ1n) is 9.56. The van der Waals surface area contributed by atoms with E-state index in [-0.39, 0.29) is 28.0 Å². The monoisotopic (exact) mass is 383 g/mol. The van der Waals surface area contributed by atoms with Gasteiger partial charge in [-0.2, -0.15) is 0 Å². The Morgan fingerprint density at radius 1 is 0.964 bits per heavy atom. The molecule has 2 rings (SSSR count). The molecule has 2 aromatic carbocycles. The molecule has 28 heavy (non-hydrogen) atoms. The molecule has 6 nitrogen and oxygen atoms in total. The van der Waals surface area contributed by atoms with Gasteiger partial charge in [-0.25, -0.2) is 0 Å². The maximum absolute atomic E-state index is 11.2. The summed E-state index contributed by atoms with van der Waals surface area (Å²) in [5, 5.41) is 30.4. The van der Waals surface area contributed by atoms with Crippen molar-refractivity contribution < 1.29 is 10.0 Å². The van der Waals surface area contributed by atoms with Crippen molar-refractivity contribution >= 4 is 17.1 Å². The molecule has 0 fully saturated rings. The Kier molecular flexibility index (Phi) is 6.22. The van der Waals surface area contributed by atoms with Crippen LogP contribution in [0.2, 0.25) is 0 Å². The van der Waals surface area contributed by atoms with Crippen LogP contribution in [0.3, 0.4) is 0 Å². The molecule has 0 bridgehead atoms. The average Bonchev–Trinajstić information content (AvgIpc) is 2.66. The van der Waals surface area contributed by atoms with Crippen LogP contribution < -0.4 is 0 Å². The molecule has 0 aliphatic rings. The van der Waals surface area contributed by atoms with E-state index >= 15 is 0 Å². The van der Waals surface area contributed by atoms with Gasteiger partial charge in [-0.05, 0) is 41.4 Å². The molecule has 0 aromatic heterocycles. The van der Waals surface area contributed by atoms with Crippen molar-refractivity contribution in [3.8, 4) is 5.75 Å². The maximum atomic E-state index is 11.2. The van der Waals surface area contributed by atoms with E-state index in [2.05, 4.69) is 51.8 Å². The second-order valence-electron chi connectivity index (χ2n) is 8.31. The molecule has 0 saturated carbocycles. The van der Waals surface area contributed by atoms with Crippen LogP contribution in [0.1, 0.15) is 65.5 Å². The molecule has 0 radical (unpaired) electrons. The summed E-state index contributed by atoms with van der Waals surface area (Å²) < 4.78 is 0. The number of rotatable bonds is 7. The Hall–Kier alpha value is -2.76. The van der Waals surface area contributed by atoms with Crippen LogP contribution in [0.4, 0.5) is 17.1 Å². The maximum Gasteiger partial charge on any atom is 0.296 e. The lowest BCUT2D eigenvalue weighted by molar-refractivity contribution is -0.384. The standard InChI is InChI=1S/C22H29N3O3/c1-7-21(3,4)15-13-16(22(5,6)8-2)20(26)18(14-15)24-23-17-11-9-10-12-19(17)25(27)28/h9-14,26H,7-8H2,1-6H3/b24-23+. The van der Waals surface area contributed by atoms with Crippen molar-refractivity contribution in [2.75, 3.05) is 0 Å². The molecule has 0 aliphatic carbocycles. The number of aromatic hydroxyl groups is 1. The lowest BCUT2D eigenvalue weighted by atomic mass is 9.76. The number of azo groups is 1. The SMILES string of the molecule is CCC(C)(C)c1cc(/N=N/c2ccccc2[N+](=O)[O-])c(O)c(C(C)(C)CC)c1. The fraction of sp³-hybridized carbons (Fsp3) is 0.455. The van der Waals surface area contributed by atoms with Crippen LogP contribution in [-0.2, 0) is 10.8 Å². The summed E-state index contributed by atoms with van der Waals surface area (Å²) in [6.07, 6.45) is 1.77. The first-order valence-corrected chi connectivity index (χ1v) is 9.56. The molecule has 2 aromatic rings. The fourth-order valence-electron chi connectivity index (χ4n) is 2.81. The third kappa shape index (κ3) is 4.38. The number of hydrogen-bond acceptors (Lipinski definition) is 5. The highest BCUT2D eigenvalue weighted by Gasteiger charge is 2.28. The van der Waals surface area contributed by atoms with E-state index in [9.17, 15) is 15.2 Å². The minimum absolute atomic E-state index is 0.0739. The summed E-state index contributed by atoms with van der Waals surface area (Å²) in [5.74, 6) is 0.0739. The van der Waals surface area contributed by atoms with E-state index in [4.69, 9.17) is 0 Å². The number of hydrogen-bond donors (Lipinski definition) is 1. The van der Waals surface area contributed by atoms with E-state index < -0.39 is 4.92 Å². The Morgan fingerprint density at radius 3 is 2.11 bits per heavy atom. The molecule has 0 amide bonds. The predicted octanol–water partition coefficient (Wildman–Crippen LogP) is 7.09. The average molecular weight is 383 g/mol. The number of phenols is 1. The van der Waals surface area contributed by atoms with Gasteiger partial charge in [-0.1, -0.05) is 59.7 Å². The van der Waals surface area contributed by atoms with Gasteiger partial charge in [-0.15, -0.1) is 10.2 Å². The first kappa shape index (κ1) is 21.5. The van der Waals surface area contributed by atoms with Crippen molar-refractivity contribution in [1.82, 2.24) is 0 Å². The zero-order valence-corrected chi connectivity index (χ0v) is 17.5. The molecule has 0 heterocycles. The molecule has 0 spiro atoms. The fourth-order valence-corrected chi connectivity index (χ4v) is 2.81. The van der Waals surface area contributed by atoms with Crippen LogP contribution in [0.25, 0.3) is 0 Å². The quantitative estimate of drug-likeness (QED) is 0.314. The predicted molar refractivity (Wildman–Crippen MR) is 112 cm³/mol. The molecule has 0 aliphatic heterocycles. The topological polar surface area (TPSA) is 88.1 Å². The zero-order chi connectivity index (χ0) is 21.1. The third-order valence-electron chi connectivity index (χ3n) is 5.71. The Morgan fingerprint density at radius 2 is 1.54 bits per heavy atom. The van der Waals surface area contributed by atoms with Gasteiger partial charge in [0.1, 0.15) is 11.4 Å². The minimum atomic E-state index is -0.490. The summed E-state index contributed by atoms with van der Waals surface area (Å²) >= 11 is 0. The number of nitro benzene ring substituents is 1. The Labute approximate surface area is 166 Å². The van der Waals surface area contributed by atoms with Crippen molar-refractivity contribution in [2.24, 2.45) is 10.2 Å². The molecule has 150 valence electrons. The number of benzene rings is 2. The third-order valence-corrected chi connectivity index (χ3v) is 5.71. The highest BCUT2D eigenvalue weighted by Crippen LogP contribution is 2.44. The van der Waals surface area contributed by atoms with E-state index in [1.165, 1.54) is 12.1 Å². The van der Waals surface area contributed by atoms with Crippen LogP contribution in [0.15, 0.2) is 46.6 Å². The molecule has 0 atom stereocenters. The number of para-hydroxylation sites is 1. The molecule has 1 N–H and O–H groups in total. The minimum Gasteiger partial charge on any atom is -0.505 e. The lowest BCUT2D eigenvalue weighted by Crippen LogP contribution is -2.20. The summed E-state index contributed by atoms with van der Waals surface area (Å²) in [4.78, 5) is 10.7. The van der Waals surface area contributed by atoms with Gasteiger partial charge >= 0.3 is 0 Å². The van der Waals surface area contributed by atoms with Crippen LogP contribution in [-0.4, -0.2) is 10.0 Å². The van der Waals surface area contributed by atoms with Gasteiger partial charge in [-0.3, -0.25) is 10.1 Å². The van der Waals surface area contributed by atoms with E-state index in [0.29, 0.717) is 5.69 Å². The second-order valence-corrected chi connectivity index (χ2v) is 8.31. The molecule has 6 heteroatoms. The van der Waals surface area contributed by atoms with Crippen LogP contribution in [0, 0.1) is 10.1 Å². The Balaban J connectivity index is 2.65. The van der Waals surface area contributed by atoms with Crippen LogP contribution >= 0.6 is 0 Å². The van der Waals surface area contributed by atoms with Gasteiger partial charge in [0.05, 0.1) is 4.92 Å². The Bertz CT molecular complexity index is 902. The van der Waals surface area contributed by atoms with E-state index in [1.54, 1.807) is 12.1 Å². The summed E-state index contributed by atoms with van der Waals surface area (Å²) in [6, 6.07) is 10.1. The van der Waals surface area contributed by atoms with Gasteiger partial charge < -0.3 is 5.11 Å². The van der Waals surface area contributed by atoms with Crippen LogP contribution in [0.5, 0.6) is 5.75 Å². The van der Waals surface area contributed by atoms with Gasteiger partial charge in [0.25, 0.3) is 5.69 Å². The largest absolute Gasteiger partial charge is 0.505 e. The number of nitro groups is 1. The van der Waals surface area contributed by atoms with E-state index in [1.807, 2.05) is 12.1 Å². The zero-order valence-electron chi connectivity index (χ0n) is 17.5. The molecular weight excluding hydrogens is 354 g/mol. The summed E-state index contributed by atoms with van der Waals surface area (Å²) in [5.41, 5.74) is 1.88. The normalized spacial score (nSPS) is 12.5. The lowest BCUT2D eigenvalue weighted by Gasteiger charge is -2.30. The van der Waals surface area contributed by atoms with E-state index in [0.717, 1.165) is 24.0 Å². The number of nitrogens with zero attached hydrogens (tertiary/aromatic N) is 3. The molecule has 0 unspecified atom stereocenters. The first-order chi connectivity index (χ1) is 13.0. The van der Waals surface area contributed by atoms with Gasteiger partial charge in [0.15, 0.2) is 5.69 Å². The summed E-state index contributed by atoms with van der Waals surface area (Å²) in [6.45, 7) is 12.6. The van der Waals surface area contributed by atoms with Crippen molar-refractivity contribution in [3.63, 3.8) is 0 Å². The van der Waals surface area contributed by atoms with Crippen molar-refractivity contribution in [1.29, 1.82) is 0 Å². The van der Waals surface area contributed by atoms with Crippen molar-refractivity contribution in [2.45, 2.75) is 65.2 Å². The highest BCUT2D eigenvalue weighted by atomic mass is 16.6. The molecular formula is C22H29N3O3. The van der Waals surface area contributed by atoms with Gasteiger partial charge in [0.2, 0.25) is 0 Å². The van der Waals surface area contributed by atoms with Crippen molar-refractivity contribution in [3.05, 3.63) is 57.6 Å². The second kappa shape index (κ2) is 8.09.